The molecule has 10 aromatic rings. The summed E-state index contributed by atoms with van der Waals surface area (Å²) in [4.78, 5) is 5.32. The van der Waals surface area contributed by atoms with E-state index in [-0.39, 0.29) is 15.0 Å². The maximum absolute atomic E-state index is 2.66. The summed E-state index contributed by atoms with van der Waals surface area (Å²) in [5, 5.41) is 16.2. The first-order chi connectivity index (χ1) is 25.2. The van der Waals surface area contributed by atoms with Gasteiger partial charge in [-0.1, -0.05) is 0 Å². The Bertz CT molecular complexity index is 2750. The van der Waals surface area contributed by atoms with Crippen LogP contribution in [0.15, 0.2) is 146 Å². The van der Waals surface area contributed by atoms with E-state index in [1.807, 2.05) is 0 Å². The van der Waals surface area contributed by atoms with Crippen LogP contribution in [0.5, 0.6) is 0 Å². The predicted octanol–water partition coefficient (Wildman–Crippen LogP) is 10.2. The van der Waals surface area contributed by atoms with E-state index >= 15 is 0 Å². The van der Waals surface area contributed by atoms with Gasteiger partial charge in [0, 0.05) is 0 Å². The molecular weight excluding hydrogens is 684 g/mol. The zero-order chi connectivity index (χ0) is 33.2. The summed E-state index contributed by atoms with van der Waals surface area (Å²) in [7, 11) is 0. The van der Waals surface area contributed by atoms with Crippen molar-refractivity contribution in [1.82, 2.24) is 0 Å². The Hall–Kier alpha value is -5.60. The molecule has 0 fully saturated rings. The molecule has 12 rings (SSSR count). The first kappa shape index (κ1) is 28.1. The molecule has 0 aliphatic carbocycles. The monoisotopic (exact) mass is 716 g/mol. The minimum atomic E-state index is 0.237. The Morgan fingerprint density at radius 2 is 0.627 bits per heavy atom. The van der Waals surface area contributed by atoms with Crippen molar-refractivity contribution in [3.63, 3.8) is 0 Å². The number of rotatable bonds is 2. The molecule has 0 saturated carbocycles. The molecule has 2 heterocycles. The quantitative estimate of drug-likeness (QED) is 0.130. The number of anilines is 2. The molecule has 2 nitrogen and oxygen atoms in total. The molecule has 0 N–H and O–H groups in total. The number of hydrogen-bond donors (Lipinski definition) is 0. The van der Waals surface area contributed by atoms with E-state index in [1.165, 1.54) is 98.3 Å². The van der Waals surface area contributed by atoms with Crippen molar-refractivity contribution in [2.75, 3.05) is 9.80 Å². The second-order valence-electron chi connectivity index (χ2n) is 14.5. The molecule has 0 amide bonds. The first-order valence-electron chi connectivity index (χ1n) is 18.0. The summed E-state index contributed by atoms with van der Waals surface area (Å²) < 4.78 is 3.12. The van der Waals surface area contributed by atoms with Gasteiger partial charge in [0.25, 0.3) is 0 Å². The van der Waals surface area contributed by atoms with Crippen molar-refractivity contribution < 1.29 is 0 Å². The molecule has 0 saturated heterocycles. The standard InChI is InChI=1S/C48H32N2Se/c1-5-29-13-15-33-19-23-41(39-21-17-31(7-1)43(29)45(33)39)49-25-35-9-3-11-37-27-50(28-38-12-4-10-36(26-49)48(38)51-47(35)37)42-24-20-34-16-14-30-6-2-8-32-18-22-40(42)46(34)44(30)32/h1-24H,25-28H2. The average molecular weight is 716 g/mol. The minimum absolute atomic E-state index is 0.237. The molecule has 0 atom stereocenters. The zero-order valence-corrected chi connectivity index (χ0v) is 29.7. The molecule has 3 heteroatoms. The summed E-state index contributed by atoms with van der Waals surface area (Å²) >= 11 is 0.237. The topological polar surface area (TPSA) is 6.48 Å². The summed E-state index contributed by atoms with van der Waals surface area (Å²) in [6.45, 7) is 3.60. The van der Waals surface area contributed by atoms with Gasteiger partial charge in [0.1, 0.15) is 0 Å². The third-order valence-electron chi connectivity index (χ3n) is 11.7. The van der Waals surface area contributed by atoms with Gasteiger partial charge in [-0.2, -0.15) is 0 Å². The number of hydrogen-bond acceptors (Lipinski definition) is 2. The second kappa shape index (κ2) is 10.5. The van der Waals surface area contributed by atoms with Crippen LogP contribution in [-0.2, 0) is 26.2 Å². The molecule has 51 heavy (non-hydrogen) atoms. The van der Waals surface area contributed by atoms with Crippen LogP contribution in [0.25, 0.3) is 64.6 Å². The second-order valence-corrected chi connectivity index (χ2v) is 16.6. The van der Waals surface area contributed by atoms with Gasteiger partial charge in [-0.15, -0.1) is 0 Å². The van der Waals surface area contributed by atoms with Crippen molar-refractivity contribution in [3.05, 3.63) is 168 Å². The summed E-state index contributed by atoms with van der Waals surface area (Å²) in [5.41, 5.74) is 8.53. The fourth-order valence-electron chi connectivity index (χ4n) is 9.40. The van der Waals surface area contributed by atoms with E-state index in [9.17, 15) is 0 Å². The number of benzene rings is 10. The van der Waals surface area contributed by atoms with Gasteiger partial charge < -0.3 is 0 Å². The fraction of sp³-hybridized carbons (Fsp3) is 0.0833. The van der Waals surface area contributed by atoms with Crippen LogP contribution in [0.2, 0.25) is 0 Å². The SMILES string of the molecule is c1cc2c3c(c1)CN(c1ccc4ccc5cccc6ccc1c4c56)Cc1cccc(c1[Se]3)CN(c1ccc3ccc4cccc5ccc1c3c45)C2. The number of nitrogens with zero attached hydrogens (tertiary/aromatic N) is 2. The van der Waals surface area contributed by atoms with E-state index in [4.69, 9.17) is 0 Å². The van der Waals surface area contributed by atoms with E-state index < -0.39 is 0 Å². The molecule has 2 aliphatic rings. The summed E-state index contributed by atoms with van der Waals surface area (Å²) in [5.74, 6) is 0. The van der Waals surface area contributed by atoms with Crippen LogP contribution in [0.4, 0.5) is 11.4 Å². The molecule has 2 bridgehead atoms. The Balaban J connectivity index is 1.04. The summed E-state index contributed by atoms with van der Waals surface area (Å²) in [6, 6.07) is 55.6. The van der Waals surface area contributed by atoms with Crippen LogP contribution >= 0.6 is 0 Å². The van der Waals surface area contributed by atoms with E-state index in [0.29, 0.717) is 0 Å². The average Bonchev–Trinajstić information content (AvgIpc) is 3.15. The third-order valence-corrected chi connectivity index (χ3v) is 14.8. The first-order valence-corrected chi connectivity index (χ1v) is 19.7. The summed E-state index contributed by atoms with van der Waals surface area (Å²) in [6.07, 6.45) is 0. The van der Waals surface area contributed by atoms with Gasteiger partial charge >= 0.3 is 304 Å². The van der Waals surface area contributed by atoms with Crippen LogP contribution in [-0.4, -0.2) is 15.0 Å². The molecule has 0 unspecified atom stereocenters. The Morgan fingerprint density at radius 3 is 1.02 bits per heavy atom. The van der Waals surface area contributed by atoms with Gasteiger partial charge in [0.05, 0.1) is 0 Å². The van der Waals surface area contributed by atoms with Crippen LogP contribution in [0, 0.1) is 0 Å². The zero-order valence-electron chi connectivity index (χ0n) is 28.0. The fourth-order valence-corrected chi connectivity index (χ4v) is 12.0. The van der Waals surface area contributed by atoms with Crippen molar-refractivity contribution in [1.29, 1.82) is 0 Å². The third kappa shape index (κ3) is 4.05. The van der Waals surface area contributed by atoms with Crippen molar-refractivity contribution in [2.45, 2.75) is 26.2 Å². The molecule has 2 aliphatic heterocycles. The maximum atomic E-state index is 2.66. The van der Waals surface area contributed by atoms with Crippen LogP contribution in [0.3, 0.4) is 0 Å². The van der Waals surface area contributed by atoms with Gasteiger partial charge in [-0.05, 0) is 0 Å². The van der Waals surface area contributed by atoms with Gasteiger partial charge in [-0.25, -0.2) is 0 Å². The Kier molecular flexibility index (Phi) is 5.77. The van der Waals surface area contributed by atoms with E-state index in [0.717, 1.165) is 26.2 Å². The van der Waals surface area contributed by atoms with Gasteiger partial charge in [-0.3, -0.25) is 0 Å². The van der Waals surface area contributed by atoms with Crippen LogP contribution in [0.1, 0.15) is 22.3 Å². The Labute approximate surface area is 302 Å². The van der Waals surface area contributed by atoms with Gasteiger partial charge in [0.15, 0.2) is 0 Å². The Morgan fingerprint density at radius 1 is 0.314 bits per heavy atom. The van der Waals surface area contributed by atoms with Crippen molar-refractivity contribution in [2.24, 2.45) is 0 Å². The molecule has 10 aromatic carbocycles. The van der Waals surface area contributed by atoms with E-state index in [2.05, 4.69) is 155 Å². The van der Waals surface area contributed by atoms with Gasteiger partial charge in [0.2, 0.25) is 0 Å². The van der Waals surface area contributed by atoms with Crippen LogP contribution < -0.4 is 18.7 Å². The molecular formula is C48H32N2Se. The molecule has 0 radical (unpaired) electrons. The normalized spacial score (nSPS) is 14.6. The van der Waals surface area contributed by atoms with Crippen molar-refractivity contribution in [3.8, 4) is 0 Å². The molecule has 0 aromatic heterocycles. The van der Waals surface area contributed by atoms with Crippen molar-refractivity contribution >= 4 is 99.9 Å². The molecule has 0 spiro atoms. The van der Waals surface area contributed by atoms with E-state index in [1.54, 1.807) is 8.92 Å². The molecule has 240 valence electrons. The predicted molar refractivity (Wildman–Crippen MR) is 218 cm³/mol.